The van der Waals surface area contributed by atoms with Crippen molar-refractivity contribution >= 4 is 11.7 Å². The van der Waals surface area contributed by atoms with Gasteiger partial charge in [-0.25, -0.2) is 0 Å². The lowest BCUT2D eigenvalue weighted by Gasteiger charge is -2.34. The molecule has 7 heteroatoms. The lowest BCUT2D eigenvalue weighted by Crippen LogP contribution is -2.51. The van der Waals surface area contributed by atoms with E-state index in [2.05, 4.69) is 11.9 Å². The fraction of sp³-hybridized carbons (Fsp3) is 0.714. The highest BCUT2D eigenvalue weighted by Crippen LogP contribution is 2.18. The summed E-state index contributed by atoms with van der Waals surface area (Å²) in [5.41, 5.74) is 11.3. The van der Waals surface area contributed by atoms with Crippen LogP contribution in [-0.4, -0.2) is 52.8 Å². The Morgan fingerprint density at radius 2 is 2.24 bits per heavy atom. The number of hydrogen-bond donors (Lipinski definition) is 3. The number of aliphatic hydroxyl groups is 1. The average molecular weight is 297 g/mol. The smallest absolute Gasteiger partial charge is 0.223 e. The van der Waals surface area contributed by atoms with Crippen LogP contribution in [0.1, 0.15) is 27.2 Å². The summed E-state index contributed by atoms with van der Waals surface area (Å²) in [7, 11) is 1.81. The maximum absolute atomic E-state index is 11.2. The molecule has 0 saturated carbocycles. The van der Waals surface area contributed by atoms with Crippen molar-refractivity contribution in [3.05, 3.63) is 12.3 Å². The lowest BCUT2D eigenvalue weighted by molar-refractivity contribution is -0.123. The molecule has 0 saturated heterocycles. The first-order valence-electron chi connectivity index (χ1n) is 7.18. The third-order valence-corrected chi connectivity index (χ3v) is 4.00. The number of hydrogen-bond acceptors (Lipinski definition) is 5. The molecule has 120 valence electrons. The third kappa shape index (κ3) is 4.26. The van der Waals surface area contributed by atoms with Crippen LogP contribution in [0.4, 0.5) is 0 Å². The normalized spacial score (nSPS) is 25.2. The Bertz CT molecular complexity index is 424. The summed E-state index contributed by atoms with van der Waals surface area (Å²) >= 11 is 0. The van der Waals surface area contributed by atoms with Crippen LogP contribution >= 0.6 is 0 Å². The van der Waals surface area contributed by atoms with Crippen LogP contribution in [0.2, 0.25) is 0 Å². The molecule has 1 rings (SSSR count). The summed E-state index contributed by atoms with van der Waals surface area (Å²) in [5.74, 6) is 0.150. The third-order valence-electron chi connectivity index (χ3n) is 4.00. The molecule has 0 aromatic carbocycles. The topological polar surface area (TPSA) is 108 Å². The number of rotatable bonds is 6. The van der Waals surface area contributed by atoms with Gasteiger partial charge in [-0.2, -0.15) is 0 Å². The molecule has 7 nitrogen and oxygen atoms in total. The molecule has 0 radical (unpaired) electrons. The maximum Gasteiger partial charge on any atom is 0.223 e. The molecule has 1 amide bonds. The zero-order chi connectivity index (χ0) is 16.2. The van der Waals surface area contributed by atoms with Gasteiger partial charge in [-0.1, -0.05) is 19.9 Å². The molecule has 0 spiro atoms. The highest BCUT2D eigenvalue weighted by molar-refractivity contribution is 5.86. The Morgan fingerprint density at radius 1 is 1.62 bits per heavy atom. The van der Waals surface area contributed by atoms with E-state index in [0.29, 0.717) is 0 Å². The van der Waals surface area contributed by atoms with Gasteiger partial charge in [0.15, 0.2) is 0 Å². The Hall–Kier alpha value is -1.44. The Morgan fingerprint density at radius 3 is 2.76 bits per heavy atom. The van der Waals surface area contributed by atoms with E-state index in [4.69, 9.17) is 11.5 Å². The quantitative estimate of drug-likeness (QED) is 0.592. The minimum atomic E-state index is -0.501. The van der Waals surface area contributed by atoms with E-state index in [1.165, 1.54) is 0 Å². The van der Waals surface area contributed by atoms with Crippen molar-refractivity contribution in [1.29, 1.82) is 0 Å². The number of nitrogens with two attached hydrogens (primary N) is 2. The molecule has 1 aliphatic heterocycles. The van der Waals surface area contributed by atoms with Crippen LogP contribution in [0.15, 0.2) is 17.3 Å². The Labute approximate surface area is 126 Å². The zero-order valence-corrected chi connectivity index (χ0v) is 13.2. The highest BCUT2D eigenvalue weighted by Gasteiger charge is 2.27. The summed E-state index contributed by atoms with van der Waals surface area (Å²) in [6, 6.07) is 0. The second-order valence-corrected chi connectivity index (χ2v) is 5.60. The summed E-state index contributed by atoms with van der Waals surface area (Å²) in [6.07, 6.45) is 4.00. The fourth-order valence-corrected chi connectivity index (χ4v) is 2.23. The van der Waals surface area contributed by atoms with Crippen molar-refractivity contribution < 1.29 is 9.90 Å². The molecule has 0 aliphatic carbocycles. The molecule has 4 unspecified atom stereocenters. The first-order valence-corrected chi connectivity index (χ1v) is 7.18. The van der Waals surface area contributed by atoms with Gasteiger partial charge in [0.05, 0.1) is 12.1 Å². The molecule has 0 aromatic rings. The molecular weight excluding hydrogens is 270 g/mol. The first-order chi connectivity index (χ1) is 9.79. The number of aliphatic hydroxyl groups excluding tert-OH is 1. The van der Waals surface area contributed by atoms with E-state index in [1.807, 2.05) is 31.1 Å². The largest absolute Gasteiger partial charge is 0.376 e. The zero-order valence-electron chi connectivity index (χ0n) is 13.2. The van der Waals surface area contributed by atoms with E-state index >= 15 is 0 Å². The number of primary amides is 1. The van der Waals surface area contributed by atoms with Crippen molar-refractivity contribution in [3.8, 4) is 0 Å². The minimum Gasteiger partial charge on any atom is -0.376 e. The van der Waals surface area contributed by atoms with Gasteiger partial charge in [0.1, 0.15) is 18.7 Å². The average Bonchev–Trinajstić information content (AvgIpc) is 2.46. The summed E-state index contributed by atoms with van der Waals surface area (Å²) in [5, 5.41) is 9.40. The van der Waals surface area contributed by atoms with Gasteiger partial charge < -0.3 is 21.5 Å². The van der Waals surface area contributed by atoms with Crippen LogP contribution in [-0.2, 0) is 4.79 Å². The molecule has 0 bridgehead atoms. The van der Waals surface area contributed by atoms with E-state index in [0.717, 1.165) is 12.3 Å². The Balaban J connectivity index is 2.86. The predicted molar refractivity (Wildman–Crippen MR) is 82.8 cm³/mol. The van der Waals surface area contributed by atoms with Crippen molar-refractivity contribution in [3.63, 3.8) is 0 Å². The van der Waals surface area contributed by atoms with Crippen LogP contribution in [0, 0.1) is 11.8 Å². The molecule has 4 atom stereocenters. The van der Waals surface area contributed by atoms with Crippen LogP contribution in [0.3, 0.4) is 0 Å². The molecule has 0 aromatic heterocycles. The lowest BCUT2D eigenvalue weighted by atomic mass is 10.0. The van der Waals surface area contributed by atoms with Crippen LogP contribution < -0.4 is 11.5 Å². The second kappa shape index (κ2) is 7.53. The molecule has 0 fully saturated rings. The number of allylic oxidation sites excluding steroid dienone is 1. The molecule has 1 heterocycles. The highest BCUT2D eigenvalue weighted by atomic mass is 16.3. The van der Waals surface area contributed by atoms with Crippen molar-refractivity contribution in [2.75, 3.05) is 13.8 Å². The van der Waals surface area contributed by atoms with Gasteiger partial charge in [-0.15, -0.1) is 0 Å². The van der Waals surface area contributed by atoms with Gasteiger partial charge >= 0.3 is 0 Å². The van der Waals surface area contributed by atoms with E-state index in [9.17, 15) is 9.90 Å². The number of carbonyl (C=O) groups is 1. The van der Waals surface area contributed by atoms with Crippen LogP contribution in [0.25, 0.3) is 0 Å². The standard InChI is InChI=1S/C14H27N5O2/c1-9-6-5-7-19(8-20)14(9)17-11(3)18(4)12(15)10(2)13(16)21/h5,7,9-12,20H,6,8,15H2,1-4H3,(H2,16,21). The summed E-state index contributed by atoms with van der Waals surface area (Å²) in [6.45, 7) is 5.56. The number of amides is 1. The fourth-order valence-electron chi connectivity index (χ4n) is 2.23. The Kier molecular flexibility index (Phi) is 6.32. The number of carbonyl (C=O) groups excluding carboxylic acids is 1. The van der Waals surface area contributed by atoms with Gasteiger partial charge in [0, 0.05) is 12.1 Å². The van der Waals surface area contributed by atoms with Crippen molar-refractivity contribution in [2.24, 2.45) is 28.3 Å². The summed E-state index contributed by atoms with van der Waals surface area (Å²) in [4.78, 5) is 19.4. The van der Waals surface area contributed by atoms with E-state index < -0.39 is 18.0 Å². The number of nitrogens with zero attached hydrogens (tertiary/aromatic N) is 3. The molecule has 21 heavy (non-hydrogen) atoms. The molecule has 5 N–H and O–H groups in total. The van der Waals surface area contributed by atoms with Crippen molar-refractivity contribution in [1.82, 2.24) is 9.80 Å². The van der Waals surface area contributed by atoms with Gasteiger partial charge in [-0.3, -0.25) is 14.7 Å². The first kappa shape index (κ1) is 17.6. The summed E-state index contributed by atoms with van der Waals surface area (Å²) < 4.78 is 0. The van der Waals surface area contributed by atoms with Crippen molar-refractivity contribution in [2.45, 2.75) is 39.5 Å². The maximum atomic E-state index is 11.2. The number of aliphatic imine (C=N–C) groups is 1. The van der Waals surface area contributed by atoms with Gasteiger partial charge in [0.25, 0.3) is 0 Å². The molecule has 1 aliphatic rings. The molecular formula is C14H27N5O2. The van der Waals surface area contributed by atoms with Gasteiger partial charge in [0.2, 0.25) is 5.91 Å². The monoisotopic (exact) mass is 297 g/mol. The predicted octanol–water partition coefficient (Wildman–Crippen LogP) is -0.126. The number of amidine groups is 1. The SMILES string of the molecule is CC1CC=CN(CO)C1=NC(C)N(C)C(N)C(C)C(N)=O. The van der Waals surface area contributed by atoms with E-state index in [-0.39, 0.29) is 18.8 Å². The second-order valence-electron chi connectivity index (χ2n) is 5.60. The van der Waals surface area contributed by atoms with Crippen LogP contribution in [0.5, 0.6) is 0 Å². The van der Waals surface area contributed by atoms with Gasteiger partial charge in [-0.05, 0) is 20.4 Å². The minimum absolute atomic E-state index is 0.111. The van der Waals surface area contributed by atoms with E-state index in [1.54, 1.807) is 11.8 Å².